The van der Waals surface area contributed by atoms with E-state index in [-0.39, 0.29) is 5.41 Å². The second-order valence-corrected chi connectivity index (χ2v) is 16.1. The van der Waals surface area contributed by atoms with Crippen molar-refractivity contribution in [2.45, 2.75) is 19.3 Å². The zero-order valence-corrected chi connectivity index (χ0v) is 32.3. The minimum atomic E-state index is -0.127. The molecule has 0 fully saturated rings. The Labute approximate surface area is 336 Å². The van der Waals surface area contributed by atoms with Crippen molar-refractivity contribution < 1.29 is 4.42 Å². The standard InChI is InChI=1S/C55H38N2O/c1-55(2)49-21-10-8-17-43(49)44-31-28-39(33-50(44)55)56(40-29-32-46-45-18-9-11-22-51(45)57(52(46)34-40)37-14-4-3-5-15-37)38-26-23-36(24-27-38)42-19-12-20-47-48-30-25-35-13-6-7-16-41(35)54(48)58-53(42)47/h3-34H,1-2H3. The Morgan fingerprint density at radius 1 is 0.414 bits per heavy atom. The Balaban J connectivity index is 1.05. The highest BCUT2D eigenvalue weighted by Gasteiger charge is 2.35. The number of aromatic nitrogens is 1. The van der Waals surface area contributed by atoms with Crippen molar-refractivity contribution in [1.29, 1.82) is 0 Å². The quantitative estimate of drug-likeness (QED) is 0.175. The highest BCUT2D eigenvalue weighted by atomic mass is 16.3. The van der Waals surface area contributed by atoms with E-state index in [2.05, 4.69) is 217 Å². The Morgan fingerprint density at radius 2 is 1.03 bits per heavy atom. The first kappa shape index (κ1) is 32.8. The third kappa shape index (κ3) is 4.74. The average Bonchev–Trinajstić information content (AvgIpc) is 3.90. The van der Waals surface area contributed by atoms with Crippen molar-refractivity contribution in [2.24, 2.45) is 0 Å². The molecule has 11 aromatic rings. The molecular formula is C55H38N2O. The molecule has 2 heterocycles. The van der Waals surface area contributed by atoms with Crippen molar-refractivity contribution in [3.8, 4) is 27.9 Å². The van der Waals surface area contributed by atoms with Crippen molar-refractivity contribution in [3.63, 3.8) is 0 Å². The maximum absolute atomic E-state index is 6.76. The number of nitrogens with zero attached hydrogens (tertiary/aromatic N) is 2. The number of para-hydroxylation sites is 3. The summed E-state index contributed by atoms with van der Waals surface area (Å²) in [6.45, 7) is 4.71. The van der Waals surface area contributed by atoms with Crippen LogP contribution in [0.2, 0.25) is 0 Å². The second-order valence-electron chi connectivity index (χ2n) is 16.1. The van der Waals surface area contributed by atoms with Gasteiger partial charge < -0.3 is 13.9 Å². The third-order valence-corrected chi connectivity index (χ3v) is 12.6. The lowest BCUT2D eigenvalue weighted by Crippen LogP contribution is -2.16. The van der Waals surface area contributed by atoms with Gasteiger partial charge in [0.1, 0.15) is 11.2 Å². The van der Waals surface area contributed by atoms with E-state index in [4.69, 9.17) is 4.42 Å². The molecule has 0 bridgehead atoms. The van der Waals surface area contributed by atoms with Crippen molar-refractivity contribution >= 4 is 71.6 Å². The number of anilines is 3. The molecular weight excluding hydrogens is 705 g/mol. The fourth-order valence-electron chi connectivity index (χ4n) is 9.78. The summed E-state index contributed by atoms with van der Waals surface area (Å²) in [6.07, 6.45) is 0. The first-order valence-electron chi connectivity index (χ1n) is 20.1. The second kappa shape index (κ2) is 12.3. The van der Waals surface area contributed by atoms with Crippen LogP contribution in [-0.4, -0.2) is 4.57 Å². The number of hydrogen-bond acceptors (Lipinski definition) is 2. The molecule has 0 saturated carbocycles. The topological polar surface area (TPSA) is 21.3 Å². The van der Waals surface area contributed by atoms with Gasteiger partial charge in [-0.05, 0) is 93.9 Å². The predicted octanol–water partition coefficient (Wildman–Crippen LogP) is 15.3. The van der Waals surface area contributed by atoms with E-state index in [0.717, 1.165) is 61.2 Å². The third-order valence-electron chi connectivity index (χ3n) is 12.6. The summed E-state index contributed by atoms with van der Waals surface area (Å²) in [5, 5.41) is 7.07. The maximum atomic E-state index is 6.76. The first-order valence-corrected chi connectivity index (χ1v) is 20.1. The fraction of sp³-hybridized carbons (Fsp3) is 0.0545. The van der Waals surface area contributed by atoms with Crippen LogP contribution in [-0.2, 0) is 5.41 Å². The smallest absolute Gasteiger partial charge is 0.143 e. The molecule has 12 rings (SSSR count). The van der Waals surface area contributed by atoms with E-state index in [1.165, 1.54) is 49.4 Å². The summed E-state index contributed by atoms with van der Waals surface area (Å²) in [6, 6.07) is 70.6. The molecule has 3 heteroatoms. The Morgan fingerprint density at radius 3 is 1.91 bits per heavy atom. The number of rotatable bonds is 5. The zero-order chi connectivity index (χ0) is 38.5. The van der Waals surface area contributed by atoms with Crippen LogP contribution < -0.4 is 4.90 Å². The monoisotopic (exact) mass is 742 g/mol. The van der Waals surface area contributed by atoms with E-state index in [0.29, 0.717) is 0 Å². The summed E-state index contributed by atoms with van der Waals surface area (Å²) in [7, 11) is 0. The van der Waals surface area contributed by atoms with Crippen LogP contribution in [0.3, 0.4) is 0 Å². The predicted molar refractivity (Wildman–Crippen MR) is 243 cm³/mol. The summed E-state index contributed by atoms with van der Waals surface area (Å²) >= 11 is 0. The molecule has 1 aliphatic carbocycles. The molecule has 58 heavy (non-hydrogen) atoms. The number of benzene rings is 9. The van der Waals surface area contributed by atoms with Gasteiger partial charge in [-0.25, -0.2) is 0 Å². The molecule has 0 atom stereocenters. The molecule has 0 N–H and O–H groups in total. The average molecular weight is 743 g/mol. The number of fused-ring (bicyclic) bond motifs is 11. The zero-order valence-electron chi connectivity index (χ0n) is 32.3. The van der Waals surface area contributed by atoms with Crippen molar-refractivity contribution in [1.82, 2.24) is 4.57 Å². The lowest BCUT2D eigenvalue weighted by Gasteiger charge is -2.28. The summed E-state index contributed by atoms with van der Waals surface area (Å²) in [4.78, 5) is 2.42. The van der Waals surface area contributed by atoms with E-state index < -0.39 is 0 Å². The number of hydrogen-bond donors (Lipinski definition) is 0. The lowest BCUT2D eigenvalue weighted by molar-refractivity contribution is 0.660. The highest BCUT2D eigenvalue weighted by Crippen LogP contribution is 2.51. The van der Waals surface area contributed by atoms with Crippen LogP contribution >= 0.6 is 0 Å². The lowest BCUT2D eigenvalue weighted by atomic mass is 9.82. The van der Waals surface area contributed by atoms with Gasteiger partial charge in [-0.3, -0.25) is 0 Å². The normalized spacial score (nSPS) is 13.1. The highest BCUT2D eigenvalue weighted by molar-refractivity contribution is 6.17. The molecule has 0 radical (unpaired) electrons. The van der Waals surface area contributed by atoms with E-state index in [1.807, 2.05) is 0 Å². The van der Waals surface area contributed by atoms with Gasteiger partial charge >= 0.3 is 0 Å². The maximum Gasteiger partial charge on any atom is 0.143 e. The SMILES string of the molecule is CC1(C)c2ccccc2-c2ccc(N(c3ccc(-c4cccc5c4oc4c6ccccc6ccc54)cc3)c3ccc4c5ccccc5n(-c5ccccc5)c4c3)cc21. The molecule has 0 unspecified atom stereocenters. The summed E-state index contributed by atoms with van der Waals surface area (Å²) in [5.41, 5.74) is 16.1. The molecule has 9 aromatic carbocycles. The minimum absolute atomic E-state index is 0.127. The van der Waals surface area contributed by atoms with Crippen molar-refractivity contribution in [2.75, 3.05) is 4.90 Å². The van der Waals surface area contributed by atoms with Gasteiger partial charge in [-0.15, -0.1) is 0 Å². The van der Waals surface area contributed by atoms with Crippen LogP contribution in [0.25, 0.3) is 82.5 Å². The van der Waals surface area contributed by atoms with Gasteiger partial charge in [0, 0.05) is 60.7 Å². The molecule has 0 aliphatic heterocycles. The van der Waals surface area contributed by atoms with Gasteiger partial charge in [0.05, 0.1) is 11.0 Å². The van der Waals surface area contributed by atoms with E-state index in [9.17, 15) is 0 Å². The summed E-state index contributed by atoms with van der Waals surface area (Å²) < 4.78 is 9.16. The summed E-state index contributed by atoms with van der Waals surface area (Å²) in [5.74, 6) is 0. The Kier molecular flexibility index (Phi) is 6.98. The van der Waals surface area contributed by atoms with Gasteiger partial charge in [-0.1, -0.05) is 147 Å². The molecule has 274 valence electrons. The molecule has 2 aromatic heterocycles. The molecule has 3 nitrogen and oxygen atoms in total. The van der Waals surface area contributed by atoms with E-state index in [1.54, 1.807) is 0 Å². The fourth-order valence-corrected chi connectivity index (χ4v) is 9.78. The van der Waals surface area contributed by atoms with Crippen molar-refractivity contribution in [3.05, 3.63) is 205 Å². The molecule has 0 spiro atoms. The van der Waals surface area contributed by atoms with Crippen LogP contribution in [0.1, 0.15) is 25.0 Å². The molecule has 1 aliphatic rings. The van der Waals surface area contributed by atoms with Crippen LogP contribution in [0, 0.1) is 0 Å². The van der Waals surface area contributed by atoms with Gasteiger partial charge in [-0.2, -0.15) is 0 Å². The Bertz CT molecular complexity index is 3420. The van der Waals surface area contributed by atoms with Gasteiger partial charge in [0.25, 0.3) is 0 Å². The minimum Gasteiger partial charge on any atom is -0.455 e. The molecule has 0 amide bonds. The van der Waals surface area contributed by atoms with Crippen LogP contribution in [0.5, 0.6) is 0 Å². The van der Waals surface area contributed by atoms with Gasteiger partial charge in [0.2, 0.25) is 0 Å². The number of furan rings is 1. The van der Waals surface area contributed by atoms with Crippen LogP contribution in [0.15, 0.2) is 199 Å². The van der Waals surface area contributed by atoms with E-state index >= 15 is 0 Å². The first-order chi connectivity index (χ1) is 28.5. The largest absolute Gasteiger partial charge is 0.455 e. The van der Waals surface area contributed by atoms with Crippen LogP contribution in [0.4, 0.5) is 17.1 Å². The van der Waals surface area contributed by atoms with Gasteiger partial charge in [0.15, 0.2) is 0 Å². The Hall–Kier alpha value is -7.36. The molecule has 0 saturated heterocycles.